The molecule has 0 radical (unpaired) electrons. The summed E-state index contributed by atoms with van der Waals surface area (Å²) >= 11 is 0. The van der Waals surface area contributed by atoms with Crippen LogP contribution in [0.2, 0.25) is 0 Å². The summed E-state index contributed by atoms with van der Waals surface area (Å²) in [5.41, 5.74) is 8.18. The van der Waals surface area contributed by atoms with Crippen LogP contribution in [0.5, 0.6) is 5.75 Å². The van der Waals surface area contributed by atoms with E-state index < -0.39 is 23.5 Å². The van der Waals surface area contributed by atoms with Crippen LogP contribution in [-0.4, -0.2) is 41.5 Å². The van der Waals surface area contributed by atoms with Crippen molar-refractivity contribution in [1.29, 1.82) is 0 Å². The molecule has 2 aromatic carbocycles. The quantitative estimate of drug-likeness (QED) is 0.488. The molecular formula is C25H26F2N4O4. The number of halogens is 2. The minimum atomic E-state index is -0.808. The highest BCUT2D eigenvalue weighted by atomic mass is 19.1. The number of benzene rings is 2. The van der Waals surface area contributed by atoms with E-state index in [1.165, 1.54) is 23.1 Å². The average molecular weight is 485 g/mol. The Kier molecular flexibility index (Phi) is 6.60. The maximum absolute atomic E-state index is 14.2. The summed E-state index contributed by atoms with van der Waals surface area (Å²) in [6, 6.07) is 11.4. The van der Waals surface area contributed by atoms with Gasteiger partial charge < -0.3 is 30.5 Å². The molecule has 1 aromatic heterocycles. The van der Waals surface area contributed by atoms with Gasteiger partial charge in [0.15, 0.2) is 11.9 Å². The highest BCUT2D eigenvalue weighted by molar-refractivity contribution is 5.81. The van der Waals surface area contributed by atoms with Crippen LogP contribution < -0.4 is 16.0 Å². The Balaban J connectivity index is 1.51. The summed E-state index contributed by atoms with van der Waals surface area (Å²) in [7, 11) is 1.63. The van der Waals surface area contributed by atoms with Crippen LogP contribution in [0, 0.1) is 11.6 Å². The first kappa shape index (κ1) is 24.4. The molecule has 184 valence electrons. The van der Waals surface area contributed by atoms with Crippen LogP contribution in [-0.2, 0) is 20.8 Å². The molecule has 0 saturated carbocycles. The van der Waals surface area contributed by atoms with E-state index in [0.717, 1.165) is 6.07 Å². The number of ether oxygens (including phenoxy) is 2. The Hall–Kier alpha value is -3.76. The van der Waals surface area contributed by atoms with Crippen molar-refractivity contribution in [2.24, 2.45) is 0 Å². The molecule has 0 bridgehead atoms. The SMILES string of the molecule is CN(c1ccc(O)c(-c2ccc(CNC(=O)C3COC(C)(C)O3)c(N)n2)c1)c1ccc(F)cc1F. The summed E-state index contributed by atoms with van der Waals surface area (Å²) < 4.78 is 38.5. The molecule has 1 atom stereocenters. The topological polar surface area (TPSA) is 110 Å². The summed E-state index contributed by atoms with van der Waals surface area (Å²) in [5.74, 6) is -2.38. The van der Waals surface area contributed by atoms with E-state index in [0.29, 0.717) is 22.5 Å². The van der Waals surface area contributed by atoms with Crippen LogP contribution in [0.25, 0.3) is 11.3 Å². The maximum Gasteiger partial charge on any atom is 0.251 e. The molecule has 8 nitrogen and oxygen atoms in total. The smallest absolute Gasteiger partial charge is 0.251 e. The van der Waals surface area contributed by atoms with Crippen LogP contribution in [0.3, 0.4) is 0 Å². The summed E-state index contributed by atoms with van der Waals surface area (Å²) in [5, 5.41) is 13.2. The monoisotopic (exact) mass is 484 g/mol. The van der Waals surface area contributed by atoms with E-state index in [9.17, 15) is 18.7 Å². The van der Waals surface area contributed by atoms with Gasteiger partial charge in [-0.3, -0.25) is 4.79 Å². The molecular weight excluding hydrogens is 458 g/mol. The minimum absolute atomic E-state index is 0.0457. The van der Waals surface area contributed by atoms with Gasteiger partial charge in [-0.1, -0.05) is 6.07 Å². The number of carbonyl (C=O) groups is 1. The minimum Gasteiger partial charge on any atom is -0.507 e. The molecule has 0 spiro atoms. The highest BCUT2D eigenvalue weighted by Gasteiger charge is 2.36. The standard InChI is InChI=1S/C25H26F2N4O4/c1-25(2)34-13-22(35-25)24(33)29-12-14-4-7-19(30-23(14)28)17-11-16(6-9-21(17)32)31(3)20-8-5-15(26)10-18(20)27/h4-11,22,32H,12-13H2,1-3H3,(H2,28,30)(H,29,33). The predicted octanol–water partition coefficient (Wildman–Crippen LogP) is 3.85. The van der Waals surface area contributed by atoms with Gasteiger partial charge in [-0.15, -0.1) is 0 Å². The molecule has 1 fully saturated rings. The first-order valence-electron chi connectivity index (χ1n) is 10.9. The largest absolute Gasteiger partial charge is 0.507 e. The van der Waals surface area contributed by atoms with Crippen molar-refractivity contribution in [2.75, 3.05) is 24.3 Å². The third-order valence-corrected chi connectivity index (χ3v) is 5.68. The van der Waals surface area contributed by atoms with Crippen LogP contribution >= 0.6 is 0 Å². The number of nitrogen functional groups attached to an aromatic ring is 1. The number of amides is 1. The van der Waals surface area contributed by atoms with Gasteiger partial charge in [0.05, 0.1) is 18.0 Å². The average Bonchev–Trinajstić information content (AvgIpc) is 3.17. The van der Waals surface area contributed by atoms with Crippen molar-refractivity contribution in [3.63, 3.8) is 0 Å². The number of carbonyl (C=O) groups excluding carboxylic acids is 1. The van der Waals surface area contributed by atoms with E-state index in [-0.39, 0.29) is 36.3 Å². The molecule has 4 N–H and O–H groups in total. The molecule has 4 rings (SSSR count). The molecule has 3 aromatic rings. The molecule has 2 heterocycles. The van der Waals surface area contributed by atoms with Crippen molar-refractivity contribution in [2.45, 2.75) is 32.3 Å². The molecule has 1 saturated heterocycles. The number of hydrogen-bond donors (Lipinski definition) is 3. The molecule has 1 aliphatic heterocycles. The van der Waals surface area contributed by atoms with Crippen LogP contribution in [0.1, 0.15) is 19.4 Å². The summed E-state index contributed by atoms with van der Waals surface area (Å²) in [6.07, 6.45) is -0.707. The van der Waals surface area contributed by atoms with Gasteiger partial charge >= 0.3 is 0 Å². The number of hydrogen-bond acceptors (Lipinski definition) is 7. The van der Waals surface area contributed by atoms with Crippen molar-refractivity contribution < 1.29 is 28.2 Å². The van der Waals surface area contributed by atoms with Crippen molar-refractivity contribution >= 4 is 23.1 Å². The number of nitrogens with two attached hydrogens (primary N) is 1. The van der Waals surface area contributed by atoms with E-state index in [1.807, 2.05) is 0 Å². The molecule has 10 heteroatoms. The molecule has 1 unspecified atom stereocenters. The van der Waals surface area contributed by atoms with Gasteiger partial charge in [-0.25, -0.2) is 13.8 Å². The van der Waals surface area contributed by atoms with Crippen molar-refractivity contribution in [3.8, 4) is 17.0 Å². The van der Waals surface area contributed by atoms with E-state index >= 15 is 0 Å². The first-order valence-corrected chi connectivity index (χ1v) is 10.9. The summed E-state index contributed by atoms with van der Waals surface area (Å²) in [6.45, 7) is 3.77. The van der Waals surface area contributed by atoms with Gasteiger partial charge in [0.2, 0.25) is 0 Å². The number of rotatable bonds is 6. The second-order valence-electron chi connectivity index (χ2n) is 8.63. The van der Waals surface area contributed by atoms with E-state index in [2.05, 4.69) is 10.3 Å². The van der Waals surface area contributed by atoms with Crippen LogP contribution in [0.4, 0.5) is 26.0 Å². The third-order valence-electron chi connectivity index (χ3n) is 5.68. The van der Waals surface area contributed by atoms with Crippen molar-refractivity contribution in [3.05, 3.63) is 65.7 Å². The number of aromatic nitrogens is 1. The van der Waals surface area contributed by atoms with Gasteiger partial charge in [0, 0.05) is 36.5 Å². The van der Waals surface area contributed by atoms with Gasteiger partial charge in [-0.05, 0) is 50.2 Å². The fourth-order valence-electron chi connectivity index (χ4n) is 3.75. The molecule has 35 heavy (non-hydrogen) atoms. The third kappa shape index (κ3) is 5.33. The Morgan fingerprint density at radius 3 is 2.66 bits per heavy atom. The van der Waals surface area contributed by atoms with Gasteiger partial charge in [-0.2, -0.15) is 0 Å². The number of pyridine rings is 1. The van der Waals surface area contributed by atoms with Crippen molar-refractivity contribution in [1.82, 2.24) is 10.3 Å². The second-order valence-corrected chi connectivity index (χ2v) is 8.63. The fourth-order valence-corrected chi connectivity index (χ4v) is 3.75. The Labute approximate surface area is 201 Å². The van der Waals surface area contributed by atoms with Crippen LogP contribution in [0.15, 0.2) is 48.5 Å². The van der Waals surface area contributed by atoms with Gasteiger partial charge in [0.25, 0.3) is 5.91 Å². The second kappa shape index (κ2) is 9.47. The molecule has 0 aliphatic carbocycles. The lowest BCUT2D eigenvalue weighted by atomic mass is 10.1. The Morgan fingerprint density at radius 1 is 1.23 bits per heavy atom. The van der Waals surface area contributed by atoms with E-state index in [1.54, 1.807) is 45.2 Å². The van der Waals surface area contributed by atoms with Gasteiger partial charge in [0.1, 0.15) is 23.2 Å². The normalized spacial score (nSPS) is 16.8. The lowest BCUT2D eigenvalue weighted by Gasteiger charge is -2.21. The Bertz CT molecular complexity index is 1270. The summed E-state index contributed by atoms with van der Waals surface area (Å²) in [4.78, 5) is 18.3. The van der Waals surface area contributed by atoms with E-state index in [4.69, 9.17) is 15.2 Å². The zero-order chi connectivity index (χ0) is 25.3. The number of phenols is 1. The number of aromatic hydroxyl groups is 1. The fraction of sp³-hybridized carbons (Fsp3) is 0.280. The lowest BCUT2D eigenvalue weighted by Crippen LogP contribution is -2.37. The highest BCUT2D eigenvalue weighted by Crippen LogP contribution is 2.35. The lowest BCUT2D eigenvalue weighted by molar-refractivity contribution is -0.153. The number of nitrogens with one attached hydrogen (secondary N) is 1. The zero-order valence-corrected chi connectivity index (χ0v) is 19.5. The number of nitrogens with zero attached hydrogens (tertiary/aromatic N) is 2. The number of anilines is 3. The maximum atomic E-state index is 14.2. The first-order chi connectivity index (χ1) is 16.5. The molecule has 1 aliphatic rings. The number of phenolic OH excluding ortho intramolecular Hbond substituents is 1. The predicted molar refractivity (Wildman–Crippen MR) is 127 cm³/mol. The Morgan fingerprint density at radius 2 is 2.00 bits per heavy atom. The molecule has 1 amide bonds. The zero-order valence-electron chi connectivity index (χ0n) is 19.5.